The van der Waals surface area contributed by atoms with Crippen molar-refractivity contribution in [3.63, 3.8) is 0 Å². The van der Waals surface area contributed by atoms with E-state index in [-0.39, 0.29) is 14.8 Å². The summed E-state index contributed by atoms with van der Waals surface area (Å²) in [4.78, 5) is 22.9. The number of halogens is 1. The van der Waals surface area contributed by atoms with E-state index in [2.05, 4.69) is 0 Å². The van der Waals surface area contributed by atoms with Gasteiger partial charge < -0.3 is 19.4 Å². The number of hydrogen-bond acceptors (Lipinski definition) is 2. The standard InChI is InChI=1S/Be.FH.H3O4P/c;;1-5(2,3)4/h;1H;(H3,1,2,3,4)/q+2;;/p-2. The maximum atomic E-state index is 8.77. The molecule has 0 aromatic carbocycles. The zero-order valence-corrected chi connectivity index (χ0v) is 4.14. The van der Waals surface area contributed by atoms with Crippen molar-refractivity contribution in [1.82, 2.24) is 0 Å². The van der Waals surface area contributed by atoms with Crippen molar-refractivity contribution in [1.29, 1.82) is 0 Å². The summed E-state index contributed by atoms with van der Waals surface area (Å²) in [6, 6.07) is 0. The molecule has 7 heavy (non-hydrogen) atoms. The van der Waals surface area contributed by atoms with Crippen molar-refractivity contribution in [2.75, 3.05) is 0 Å². The van der Waals surface area contributed by atoms with Crippen LogP contribution in [-0.4, -0.2) is 19.9 Å². The second-order valence-corrected chi connectivity index (χ2v) is 1.47. The Hall–Kier alpha value is 0.209. The molecule has 0 aromatic heterocycles. The molecule has 0 bridgehead atoms. The van der Waals surface area contributed by atoms with E-state index in [9.17, 15) is 0 Å². The van der Waals surface area contributed by atoms with Crippen molar-refractivity contribution in [3.05, 3.63) is 0 Å². The third kappa shape index (κ3) is 2520. The minimum Gasteiger partial charge on any atom is -1.00 e. The van der Waals surface area contributed by atoms with Crippen LogP contribution >= 0.6 is 7.82 Å². The summed E-state index contributed by atoms with van der Waals surface area (Å²) in [6.45, 7) is 0. The van der Waals surface area contributed by atoms with Crippen LogP contribution in [0.4, 0.5) is 0 Å². The van der Waals surface area contributed by atoms with E-state index in [4.69, 9.17) is 19.2 Å². The van der Waals surface area contributed by atoms with Gasteiger partial charge in [0.1, 0.15) is 0 Å². The van der Waals surface area contributed by atoms with E-state index in [0.29, 0.717) is 0 Å². The Morgan fingerprint density at radius 1 is 1.43 bits per heavy atom. The monoisotopic (exact) mass is 125 g/mol. The van der Waals surface area contributed by atoms with E-state index in [0.717, 1.165) is 0 Å². The Morgan fingerprint density at radius 3 is 1.43 bits per heavy atom. The van der Waals surface area contributed by atoms with Crippen molar-refractivity contribution in [2.45, 2.75) is 0 Å². The molecule has 4 nitrogen and oxygen atoms in total. The van der Waals surface area contributed by atoms with Gasteiger partial charge in [-0.15, -0.1) is 0 Å². The summed E-state index contributed by atoms with van der Waals surface area (Å²) in [7, 11) is -4.89. The average Bonchev–Trinajstić information content (AvgIpc) is 0.722. The molecule has 0 heterocycles. The van der Waals surface area contributed by atoms with Crippen LogP contribution < -0.4 is 9.60 Å². The van der Waals surface area contributed by atoms with Gasteiger partial charge in [-0.25, -0.2) is 0 Å². The molecule has 0 unspecified atom stereocenters. The summed E-state index contributed by atoms with van der Waals surface area (Å²) in [5, 5.41) is 0. The summed E-state index contributed by atoms with van der Waals surface area (Å²) >= 11 is 0. The molecule has 0 radical (unpaired) electrons. The van der Waals surface area contributed by atoms with Gasteiger partial charge in [0.05, 0.1) is 0 Å². The predicted octanol–water partition coefficient (Wildman–Crippen LogP) is -4.94. The van der Waals surface area contributed by atoms with E-state index < -0.39 is 7.82 Å². The third-order valence-electron chi connectivity index (χ3n) is 0. The Morgan fingerprint density at radius 2 is 1.43 bits per heavy atom. The van der Waals surface area contributed by atoms with Crippen molar-refractivity contribution in [3.8, 4) is 0 Å². The topological polar surface area (TPSA) is 80.6 Å². The fourth-order valence-corrected chi connectivity index (χ4v) is 0. The van der Waals surface area contributed by atoms with Gasteiger partial charge in [0.25, 0.3) is 7.82 Å². The van der Waals surface area contributed by atoms with Gasteiger partial charge in [0.2, 0.25) is 0 Å². The molecular weight excluding hydrogens is 123 g/mol. The van der Waals surface area contributed by atoms with Crippen molar-refractivity contribution < 1.29 is 23.9 Å². The quantitative estimate of drug-likeness (QED) is 0.251. The summed E-state index contributed by atoms with van der Waals surface area (Å²) in [5.41, 5.74) is 0. The van der Waals surface area contributed by atoms with Crippen molar-refractivity contribution >= 4 is 17.9 Å². The predicted molar refractivity (Wildman–Crippen MR) is 17.8 cm³/mol. The van der Waals surface area contributed by atoms with Gasteiger partial charge in [0.15, 0.2) is 0 Å². The first kappa shape index (κ1) is 15.7. The normalized spacial score (nSPS) is 8.43. The van der Waals surface area contributed by atoms with Crippen LogP contribution in [0.25, 0.3) is 0 Å². The zero-order chi connectivity index (χ0) is 4.50. The zero-order valence-electron chi connectivity index (χ0n) is 3.24. The van der Waals surface area contributed by atoms with Crippen LogP contribution in [0, 0.1) is 0 Å². The van der Waals surface area contributed by atoms with Crippen LogP contribution in [0.15, 0.2) is 0 Å². The molecule has 0 atom stereocenters. The van der Waals surface area contributed by atoms with Crippen LogP contribution in [-0.2, 0) is 4.57 Å². The third-order valence-corrected chi connectivity index (χ3v) is 0. The summed E-state index contributed by atoms with van der Waals surface area (Å²) in [5.74, 6) is 0. The average molecular weight is 125 g/mol. The van der Waals surface area contributed by atoms with E-state index in [1.165, 1.54) is 0 Å². The minimum atomic E-state index is -4.89. The Bertz CT molecular complexity index is 57.8. The molecule has 0 saturated heterocycles. The summed E-state index contributed by atoms with van der Waals surface area (Å²) < 4.78 is 8.77. The number of rotatable bonds is 0. The molecule has 0 rings (SSSR count). The second kappa shape index (κ2) is 4.37. The molecule has 0 amide bonds. The SMILES string of the molecule is O=P([O-])(O)O.[Be+2].[F-]. The van der Waals surface area contributed by atoms with Gasteiger partial charge in [-0.3, -0.25) is 4.57 Å². The first-order chi connectivity index (χ1) is 2.00. The Balaban J connectivity index is -0.0000000800. The van der Waals surface area contributed by atoms with Gasteiger partial charge in [-0.2, -0.15) is 0 Å². The fourth-order valence-electron chi connectivity index (χ4n) is 0. The van der Waals surface area contributed by atoms with Crippen molar-refractivity contribution in [2.24, 2.45) is 0 Å². The number of phosphoric acid groups is 1. The first-order valence-electron chi connectivity index (χ1n) is 0.765. The van der Waals surface area contributed by atoms with E-state index in [1.54, 1.807) is 0 Å². The largest absolute Gasteiger partial charge is 2.00 e. The summed E-state index contributed by atoms with van der Waals surface area (Å²) in [6.07, 6.45) is 0. The molecule has 40 valence electrons. The smallest absolute Gasteiger partial charge is 1.00 e. The molecule has 0 saturated carbocycles. The molecule has 0 aliphatic rings. The second-order valence-electron chi connectivity index (χ2n) is 0.491. The van der Waals surface area contributed by atoms with E-state index >= 15 is 0 Å². The maximum absolute atomic E-state index is 8.77. The minimum absolute atomic E-state index is 0. The van der Waals surface area contributed by atoms with E-state index in [1.807, 2.05) is 0 Å². The van der Waals surface area contributed by atoms with Gasteiger partial charge in [-0.1, -0.05) is 0 Å². The molecule has 0 fully saturated rings. The molecule has 2 N–H and O–H groups in total. The maximum Gasteiger partial charge on any atom is 2.00 e. The van der Waals surface area contributed by atoms with Crippen LogP contribution in [0.5, 0.6) is 0 Å². The van der Waals surface area contributed by atoms with Crippen LogP contribution in [0.1, 0.15) is 0 Å². The molecule has 0 spiro atoms. The van der Waals surface area contributed by atoms with Crippen LogP contribution in [0.2, 0.25) is 0 Å². The molecular formula is H2BeFO4P. The molecule has 0 aromatic rings. The molecule has 0 aliphatic heterocycles. The molecule has 0 aliphatic carbocycles. The fraction of sp³-hybridized carbons (Fsp3) is 0. The first-order valence-corrected chi connectivity index (χ1v) is 2.30. The number of hydrogen-bond donors (Lipinski definition) is 2. The molecule has 7 heteroatoms. The van der Waals surface area contributed by atoms with Gasteiger partial charge >= 0.3 is 10.1 Å². The van der Waals surface area contributed by atoms with Gasteiger partial charge in [-0.05, 0) is 0 Å². The van der Waals surface area contributed by atoms with Crippen LogP contribution in [0.3, 0.4) is 0 Å². The Kier molecular flexibility index (Phi) is 9.79. The van der Waals surface area contributed by atoms with Gasteiger partial charge in [0, 0.05) is 0 Å². The Labute approximate surface area is 43.0 Å².